The number of para-hydroxylation sites is 1. The van der Waals surface area contributed by atoms with Crippen molar-refractivity contribution < 1.29 is 0 Å². The van der Waals surface area contributed by atoms with Crippen molar-refractivity contribution in [3.63, 3.8) is 0 Å². The van der Waals surface area contributed by atoms with Gasteiger partial charge in [0, 0.05) is 25.3 Å². The molecule has 106 valence electrons. The summed E-state index contributed by atoms with van der Waals surface area (Å²) in [4.78, 5) is 2.56. The number of rotatable bonds is 8. The van der Waals surface area contributed by atoms with Crippen LogP contribution in [0.2, 0.25) is 0 Å². The standard InChI is InChI=1S/C17H28N2/c1-3-12-18-13-16-10-5-6-11-17(16)19(4-2)14-15-8-7-9-15/h5-6,10-11,15,18H,3-4,7-9,12-14H2,1-2H3. The van der Waals surface area contributed by atoms with E-state index in [0.717, 1.165) is 25.6 Å². The summed E-state index contributed by atoms with van der Waals surface area (Å²) in [6, 6.07) is 8.87. The van der Waals surface area contributed by atoms with Gasteiger partial charge < -0.3 is 10.2 Å². The second-order valence-corrected chi connectivity index (χ2v) is 5.64. The summed E-state index contributed by atoms with van der Waals surface area (Å²) in [5, 5.41) is 3.53. The van der Waals surface area contributed by atoms with E-state index in [9.17, 15) is 0 Å². The molecule has 0 bridgehead atoms. The molecule has 0 radical (unpaired) electrons. The van der Waals surface area contributed by atoms with Crippen LogP contribution in [0, 0.1) is 5.92 Å². The first kappa shape index (κ1) is 14.4. The number of nitrogens with one attached hydrogen (secondary N) is 1. The van der Waals surface area contributed by atoms with Crippen molar-refractivity contribution in [3.8, 4) is 0 Å². The van der Waals surface area contributed by atoms with Gasteiger partial charge >= 0.3 is 0 Å². The first-order chi connectivity index (χ1) is 9.35. The number of hydrogen-bond donors (Lipinski definition) is 1. The van der Waals surface area contributed by atoms with E-state index in [1.165, 1.54) is 43.5 Å². The first-order valence-electron chi connectivity index (χ1n) is 7.88. The van der Waals surface area contributed by atoms with Gasteiger partial charge in [0.15, 0.2) is 0 Å². The van der Waals surface area contributed by atoms with E-state index in [0.29, 0.717) is 0 Å². The van der Waals surface area contributed by atoms with Crippen LogP contribution in [0.3, 0.4) is 0 Å². The topological polar surface area (TPSA) is 15.3 Å². The zero-order valence-corrected chi connectivity index (χ0v) is 12.5. The molecule has 1 aromatic rings. The van der Waals surface area contributed by atoms with Gasteiger partial charge in [0.25, 0.3) is 0 Å². The molecule has 2 heteroatoms. The van der Waals surface area contributed by atoms with E-state index < -0.39 is 0 Å². The smallest absolute Gasteiger partial charge is 0.0411 e. The third kappa shape index (κ3) is 3.97. The Labute approximate surface area is 118 Å². The van der Waals surface area contributed by atoms with Gasteiger partial charge in [-0.05, 0) is 50.3 Å². The maximum Gasteiger partial charge on any atom is 0.0411 e. The number of hydrogen-bond acceptors (Lipinski definition) is 2. The van der Waals surface area contributed by atoms with Crippen LogP contribution in [0.15, 0.2) is 24.3 Å². The van der Waals surface area contributed by atoms with Crippen molar-refractivity contribution in [1.29, 1.82) is 0 Å². The summed E-state index contributed by atoms with van der Waals surface area (Å²) in [6.45, 7) is 8.93. The second kappa shape index (κ2) is 7.54. The fourth-order valence-corrected chi connectivity index (χ4v) is 2.75. The molecule has 0 amide bonds. The molecule has 1 aliphatic rings. The Morgan fingerprint density at radius 2 is 2.00 bits per heavy atom. The van der Waals surface area contributed by atoms with E-state index >= 15 is 0 Å². The molecule has 1 aliphatic carbocycles. The molecule has 0 spiro atoms. The number of nitrogens with zero attached hydrogens (tertiary/aromatic N) is 1. The summed E-state index contributed by atoms with van der Waals surface area (Å²) in [7, 11) is 0. The van der Waals surface area contributed by atoms with E-state index in [-0.39, 0.29) is 0 Å². The van der Waals surface area contributed by atoms with Crippen molar-refractivity contribution in [2.24, 2.45) is 5.92 Å². The van der Waals surface area contributed by atoms with Gasteiger partial charge in [-0.3, -0.25) is 0 Å². The lowest BCUT2D eigenvalue weighted by molar-refractivity contribution is 0.318. The molecule has 0 unspecified atom stereocenters. The predicted octanol–water partition coefficient (Wildman–Crippen LogP) is 3.81. The minimum absolute atomic E-state index is 0.927. The van der Waals surface area contributed by atoms with Crippen LogP contribution in [-0.4, -0.2) is 19.6 Å². The lowest BCUT2D eigenvalue weighted by atomic mass is 9.85. The molecule has 1 fully saturated rings. The summed E-state index contributed by atoms with van der Waals surface area (Å²) in [6.07, 6.45) is 5.48. The molecule has 0 heterocycles. The minimum Gasteiger partial charge on any atom is -0.371 e. The van der Waals surface area contributed by atoms with Crippen molar-refractivity contribution in [3.05, 3.63) is 29.8 Å². The van der Waals surface area contributed by atoms with E-state index in [4.69, 9.17) is 0 Å². The summed E-state index contributed by atoms with van der Waals surface area (Å²) in [5.41, 5.74) is 2.87. The van der Waals surface area contributed by atoms with Crippen molar-refractivity contribution in [2.75, 3.05) is 24.5 Å². The predicted molar refractivity (Wildman–Crippen MR) is 83.7 cm³/mol. The van der Waals surface area contributed by atoms with Crippen LogP contribution >= 0.6 is 0 Å². The molecule has 1 saturated carbocycles. The Morgan fingerprint density at radius 3 is 2.63 bits per heavy atom. The first-order valence-corrected chi connectivity index (χ1v) is 7.88. The van der Waals surface area contributed by atoms with Crippen LogP contribution in [0.5, 0.6) is 0 Å². The zero-order valence-electron chi connectivity index (χ0n) is 12.5. The van der Waals surface area contributed by atoms with E-state index in [2.05, 4.69) is 48.3 Å². The largest absolute Gasteiger partial charge is 0.371 e. The van der Waals surface area contributed by atoms with Crippen LogP contribution in [0.25, 0.3) is 0 Å². The minimum atomic E-state index is 0.927. The summed E-state index contributed by atoms with van der Waals surface area (Å²) >= 11 is 0. The van der Waals surface area contributed by atoms with Gasteiger partial charge in [-0.25, -0.2) is 0 Å². The Balaban J connectivity index is 2.02. The Bertz CT molecular complexity index is 371. The van der Waals surface area contributed by atoms with E-state index in [1.54, 1.807) is 0 Å². The van der Waals surface area contributed by atoms with Crippen LogP contribution in [0.1, 0.15) is 45.1 Å². The Kier molecular flexibility index (Phi) is 5.71. The second-order valence-electron chi connectivity index (χ2n) is 5.64. The molecule has 1 N–H and O–H groups in total. The van der Waals surface area contributed by atoms with Crippen LogP contribution in [0.4, 0.5) is 5.69 Å². The Morgan fingerprint density at radius 1 is 1.21 bits per heavy atom. The highest BCUT2D eigenvalue weighted by molar-refractivity contribution is 5.53. The van der Waals surface area contributed by atoms with Gasteiger partial charge in [-0.1, -0.05) is 31.5 Å². The maximum absolute atomic E-state index is 3.53. The van der Waals surface area contributed by atoms with Gasteiger partial charge in [0.05, 0.1) is 0 Å². The van der Waals surface area contributed by atoms with Gasteiger partial charge in [-0.2, -0.15) is 0 Å². The molecule has 0 aromatic heterocycles. The normalized spacial score (nSPS) is 15.3. The quantitative estimate of drug-likeness (QED) is 0.715. The molecule has 1 aromatic carbocycles. The molecule has 2 rings (SSSR count). The fourth-order valence-electron chi connectivity index (χ4n) is 2.75. The third-order valence-corrected chi connectivity index (χ3v) is 4.16. The fraction of sp³-hybridized carbons (Fsp3) is 0.647. The molecule has 0 aliphatic heterocycles. The number of anilines is 1. The molecule has 0 atom stereocenters. The Hall–Kier alpha value is -1.02. The monoisotopic (exact) mass is 260 g/mol. The average molecular weight is 260 g/mol. The lowest BCUT2D eigenvalue weighted by Gasteiger charge is -2.34. The zero-order chi connectivity index (χ0) is 13.5. The third-order valence-electron chi connectivity index (χ3n) is 4.16. The molecular formula is C17H28N2. The van der Waals surface area contributed by atoms with Crippen LogP contribution < -0.4 is 10.2 Å². The lowest BCUT2D eigenvalue weighted by Crippen LogP contribution is -2.33. The van der Waals surface area contributed by atoms with Crippen molar-refractivity contribution in [1.82, 2.24) is 5.32 Å². The SMILES string of the molecule is CCCNCc1ccccc1N(CC)CC1CCC1. The highest BCUT2D eigenvalue weighted by Gasteiger charge is 2.21. The van der Waals surface area contributed by atoms with Crippen LogP contribution in [-0.2, 0) is 6.54 Å². The van der Waals surface area contributed by atoms with Gasteiger partial charge in [0.1, 0.15) is 0 Å². The highest BCUT2D eigenvalue weighted by atomic mass is 15.1. The highest BCUT2D eigenvalue weighted by Crippen LogP contribution is 2.30. The maximum atomic E-state index is 3.53. The van der Waals surface area contributed by atoms with Gasteiger partial charge in [0.2, 0.25) is 0 Å². The molecule has 19 heavy (non-hydrogen) atoms. The average Bonchev–Trinajstić information content (AvgIpc) is 2.39. The van der Waals surface area contributed by atoms with Crippen molar-refractivity contribution in [2.45, 2.75) is 46.1 Å². The summed E-state index contributed by atoms with van der Waals surface area (Å²) in [5.74, 6) is 0.927. The molecule has 0 saturated heterocycles. The van der Waals surface area contributed by atoms with E-state index in [1.807, 2.05) is 0 Å². The molecule has 2 nitrogen and oxygen atoms in total. The summed E-state index contributed by atoms with van der Waals surface area (Å²) < 4.78 is 0. The van der Waals surface area contributed by atoms with Crippen molar-refractivity contribution >= 4 is 5.69 Å². The van der Waals surface area contributed by atoms with Gasteiger partial charge in [-0.15, -0.1) is 0 Å². The molecular weight excluding hydrogens is 232 g/mol. The number of benzene rings is 1.